The van der Waals surface area contributed by atoms with Crippen molar-refractivity contribution in [2.45, 2.75) is 186 Å². The largest absolute Gasteiger partial charge is 0.396 e. The first-order chi connectivity index (χ1) is 25.5. The first kappa shape index (κ1) is 42.3. The van der Waals surface area contributed by atoms with Crippen LogP contribution in [0.25, 0.3) is 0 Å². The van der Waals surface area contributed by atoms with Crippen LogP contribution in [0.15, 0.2) is 11.6 Å². The number of allylic oxidation sites excluding steroid dienone is 2. The molecule has 55 heavy (non-hydrogen) atoms. The quantitative estimate of drug-likeness (QED) is 0.139. The van der Waals surface area contributed by atoms with E-state index in [9.17, 15) is 46.0 Å². The maximum absolute atomic E-state index is 12.0. The van der Waals surface area contributed by atoms with Gasteiger partial charge in [0, 0.05) is 10.8 Å². The summed E-state index contributed by atoms with van der Waals surface area (Å²) in [6, 6.07) is 0. The van der Waals surface area contributed by atoms with Gasteiger partial charge in [0.05, 0.1) is 37.6 Å². The highest BCUT2D eigenvalue weighted by Gasteiger charge is 2.71. The Balaban J connectivity index is 1.16. The van der Waals surface area contributed by atoms with Crippen molar-refractivity contribution in [3.8, 4) is 0 Å². The van der Waals surface area contributed by atoms with Crippen LogP contribution in [0.1, 0.15) is 107 Å². The van der Waals surface area contributed by atoms with Crippen molar-refractivity contribution in [2.75, 3.05) is 13.2 Å². The first-order valence-corrected chi connectivity index (χ1v) is 20.8. The molecule has 7 rings (SSSR count). The van der Waals surface area contributed by atoms with Crippen molar-refractivity contribution < 1.29 is 64.9 Å². The zero-order chi connectivity index (χ0) is 40.4. The zero-order valence-corrected chi connectivity index (χ0v) is 34.0. The van der Waals surface area contributed by atoms with Crippen molar-refractivity contribution in [1.82, 2.24) is 0 Å². The van der Waals surface area contributed by atoms with E-state index in [2.05, 4.69) is 54.5 Å². The molecule has 5 aliphatic carbocycles. The SMILES string of the molecule is CC1OC(OC2CCC3(C)C(CCC4(C)C3CC=C3C5CC(C)(C)CC(O)C5(C)C(O)CC34C)C2(C)CO)C(OC2OC(CO)C(O)C(O)C2O)C(O)C1O. The van der Waals surface area contributed by atoms with Gasteiger partial charge in [0.2, 0.25) is 0 Å². The lowest BCUT2D eigenvalue weighted by Gasteiger charge is -2.72. The molecule has 0 spiro atoms. The van der Waals surface area contributed by atoms with Crippen molar-refractivity contribution in [1.29, 1.82) is 0 Å². The second kappa shape index (κ2) is 14.2. The highest BCUT2D eigenvalue weighted by atomic mass is 16.8. The third-order valence-electron chi connectivity index (χ3n) is 17.5. The van der Waals surface area contributed by atoms with Crippen LogP contribution in [-0.2, 0) is 18.9 Å². The van der Waals surface area contributed by atoms with E-state index >= 15 is 0 Å². The summed E-state index contributed by atoms with van der Waals surface area (Å²) in [6.45, 7) is 16.5. The molecule has 6 fully saturated rings. The minimum atomic E-state index is -1.74. The van der Waals surface area contributed by atoms with E-state index in [4.69, 9.17) is 18.9 Å². The molecule has 0 bridgehead atoms. The lowest BCUT2D eigenvalue weighted by Crippen LogP contribution is -2.69. The monoisotopic (exact) mass is 782 g/mol. The Labute approximate surface area is 326 Å². The Hall–Kier alpha value is -0.780. The van der Waals surface area contributed by atoms with Crippen LogP contribution in [-0.4, -0.2) is 139 Å². The average molecular weight is 783 g/mol. The van der Waals surface area contributed by atoms with E-state index in [0.29, 0.717) is 19.3 Å². The second-order valence-corrected chi connectivity index (χ2v) is 20.8. The molecule has 0 radical (unpaired) electrons. The molecule has 21 atom stereocenters. The summed E-state index contributed by atoms with van der Waals surface area (Å²) in [4.78, 5) is 0. The maximum Gasteiger partial charge on any atom is 0.187 e. The van der Waals surface area contributed by atoms with Crippen LogP contribution >= 0.6 is 0 Å². The number of hydrogen-bond acceptors (Lipinski definition) is 13. The fourth-order valence-electron chi connectivity index (χ4n) is 13.7. The van der Waals surface area contributed by atoms with E-state index in [1.54, 1.807) is 6.92 Å². The molecule has 316 valence electrons. The van der Waals surface area contributed by atoms with Gasteiger partial charge in [0.25, 0.3) is 0 Å². The van der Waals surface area contributed by atoms with E-state index in [-0.39, 0.29) is 46.0 Å². The predicted octanol–water partition coefficient (Wildman–Crippen LogP) is 1.76. The predicted molar refractivity (Wildman–Crippen MR) is 199 cm³/mol. The van der Waals surface area contributed by atoms with Gasteiger partial charge in [0.1, 0.15) is 42.7 Å². The summed E-state index contributed by atoms with van der Waals surface area (Å²) in [5.74, 6) is 0.374. The van der Waals surface area contributed by atoms with Gasteiger partial charge in [-0.3, -0.25) is 0 Å². The zero-order valence-electron chi connectivity index (χ0n) is 34.0. The fraction of sp³-hybridized carbons (Fsp3) is 0.952. The molecule has 21 unspecified atom stereocenters. The van der Waals surface area contributed by atoms with E-state index in [1.165, 1.54) is 5.57 Å². The Kier molecular flexibility index (Phi) is 10.9. The topological polar surface area (TPSA) is 219 Å². The number of aliphatic hydroxyl groups is 9. The lowest BCUT2D eigenvalue weighted by atomic mass is 9.33. The second-order valence-electron chi connectivity index (χ2n) is 20.8. The Morgan fingerprint density at radius 1 is 0.709 bits per heavy atom. The van der Waals surface area contributed by atoms with Crippen LogP contribution in [0, 0.1) is 50.2 Å². The van der Waals surface area contributed by atoms with Gasteiger partial charge in [-0.05, 0) is 97.7 Å². The Bertz CT molecular complexity index is 1460. The van der Waals surface area contributed by atoms with Gasteiger partial charge in [-0.25, -0.2) is 0 Å². The fourth-order valence-corrected chi connectivity index (χ4v) is 13.7. The molecule has 2 heterocycles. The van der Waals surface area contributed by atoms with Crippen LogP contribution in [0.2, 0.25) is 0 Å². The Morgan fingerprint density at radius 3 is 2.04 bits per heavy atom. The van der Waals surface area contributed by atoms with Gasteiger partial charge in [-0.15, -0.1) is 0 Å². The third kappa shape index (κ3) is 6.11. The van der Waals surface area contributed by atoms with Gasteiger partial charge in [-0.2, -0.15) is 0 Å². The number of rotatable bonds is 6. The summed E-state index contributed by atoms with van der Waals surface area (Å²) < 4.78 is 24.5. The minimum absolute atomic E-state index is 0.0379. The Morgan fingerprint density at radius 2 is 1.38 bits per heavy atom. The molecule has 2 aliphatic heterocycles. The van der Waals surface area contributed by atoms with E-state index in [0.717, 1.165) is 32.1 Å². The molecule has 13 heteroatoms. The van der Waals surface area contributed by atoms with Crippen LogP contribution in [0.3, 0.4) is 0 Å². The van der Waals surface area contributed by atoms with Crippen LogP contribution in [0.5, 0.6) is 0 Å². The molecule has 7 aliphatic rings. The van der Waals surface area contributed by atoms with Crippen molar-refractivity contribution in [3.63, 3.8) is 0 Å². The summed E-state index contributed by atoms with van der Waals surface area (Å²) in [5, 5.41) is 98.2. The van der Waals surface area contributed by atoms with Gasteiger partial charge in [0.15, 0.2) is 12.6 Å². The number of ether oxygens (including phenoxy) is 4. The highest BCUT2D eigenvalue weighted by Crippen LogP contribution is 2.76. The lowest BCUT2D eigenvalue weighted by molar-refractivity contribution is -0.376. The first-order valence-electron chi connectivity index (χ1n) is 20.8. The third-order valence-corrected chi connectivity index (χ3v) is 17.5. The summed E-state index contributed by atoms with van der Waals surface area (Å²) >= 11 is 0. The molecular weight excluding hydrogens is 712 g/mol. The normalized spacial score (nSPS) is 57.7. The van der Waals surface area contributed by atoms with Gasteiger partial charge >= 0.3 is 0 Å². The van der Waals surface area contributed by atoms with Crippen molar-refractivity contribution in [3.05, 3.63) is 11.6 Å². The summed E-state index contributed by atoms with van der Waals surface area (Å²) in [7, 11) is 0. The molecule has 4 saturated carbocycles. The van der Waals surface area contributed by atoms with Crippen molar-refractivity contribution in [2.24, 2.45) is 50.2 Å². The molecule has 9 N–H and O–H groups in total. The number of fused-ring (bicyclic) bond motifs is 7. The molecule has 0 aromatic heterocycles. The maximum atomic E-state index is 12.0. The van der Waals surface area contributed by atoms with E-state index in [1.807, 2.05) is 0 Å². The van der Waals surface area contributed by atoms with E-state index < -0.39 is 97.2 Å². The molecule has 0 aromatic carbocycles. The smallest absolute Gasteiger partial charge is 0.187 e. The molecular formula is C42H70O13. The summed E-state index contributed by atoms with van der Waals surface area (Å²) in [6.07, 6.45) is -7.47. The molecule has 2 saturated heterocycles. The minimum Gasteiger partial charge on any atom is -0.396 e. The number of hydrogen-bond donors (Lipinski definition) is 9. The molecule has 0 amide bonds. The highest BCUT2D eigenvalue weighted by molar-refractivity contribution is 5.35. The van der Waals surface area contributed by atoms with Crippen molar-refractivity contribution >= 4 is 0 Å². The van der Waals surface area contributed by atoms with Crippen LogP contribution in [0.4, 0.5) is 0 Å². The van der Waals surface area contributed by atoms with Crippen LogP contribution < -0.4 is 0 Å². The standard InChI is InChI=1S/C42H70O13/c1-20-29(47)32(50)34(55-35-33(51)31(49)30(48)23(18-43)53-35)36(52-20)54-28-12-13-38(4)24(39(28,5)19-44)11-14-40(6)25(38)10-9-21-22-15-37(2,3)16-26(45)42(22,8)27(46)17-41(21,40)7/h9,20,22-36,43-51H,10-19H2,1-8H3. The average Bonchev–Trinajstić information content (AvgIpc) is 3.11. The molecule has 13 nitrogen and oxygen atoms in total. The van der Waals surface area contributed by atoms with Gasteiger partial charge in [-0.1, -0.05) is 60.1 Å². The van der Waals surface area contributed by atoms with Gasteiger partial charge < -0.3 is 64.9 Å². The number of aliphatic hydroxyl groups excluding tert-OH is 9. The summed E-state index contributed by atoms with van der Waals surface area (Å²) in [5.41, 5.74) is -0.599. The molecule has 0 aromatic rings.